The summed E-state index contributed by atoms with van der Waals surface area (Å²) in [7, 11) is 0. The third kappa shape index (κ3) is 3.20. The van der Waals surface area contributed by atoms with E-state index in [9.17, 15) is 5.11 Å². The van der Waals surface area contributed by atoms with E-state index in [2.05, 4.69) is 10.3 Å². The number of hydrogen-bond donors (Lipinski definition) is 2. The van der Waals surface area contributed by atoms with E-state index in [-0.39, 0.29) is 0 Å². The van der Waals surface area contributed by atoms with Crippen LogP contribution in [-0.2, 0) is 0 Å². The van der Waals surface area contributed by atoms with Gasteiger partial charge in [0.05, 0.1) is 11.1 Å². The van der Waals surface area contributed by atoms with Crippen molar-refractivity contribution in [2.24, 2.45) is 0 Å². The number of aliphatic hydroxyl groups excluding tert-OH is 1. The molecule has 0 saturated heterocycles. The van der Waals surface area contributed by atoms with Gasteiger partial charge in [-0.1, -0.05) is 17.7 Å². The van der Waals surface area contributed by atoms with Crippen LogP contribution >= 0.6 is 11.6 Å². The van der Waals surface area contributed by atoms with Crippen LogP contribution in [0.1, 0.15) is 11.7 Å². The Bertz CT molecular complexity index is 622. The lowest BCUT2D eigenvalue weighted by molar-refractivity contribution is 0.167. The molecule has 2 N–H and O–H groups in total. The summed E-state index contributed by atoms with van der Waals surface area (Å²) < 4.78 is 11.0. The minimum atomic E-state index is -0.722. The van der Waals surface area contributed by atoms with Gasteiger partial charge in [0.25, 0.3) is 0 Å². The summed E-state index contributed by atoms with van der Waals surface area (Å²) in [6, 6.07) is 9.00. The fraction of sp³-hybridized carbons (Fsp3) is 0.267. The zero-order valence-electron chi connectivity index (χ0n) is 11.3. The highest BCUT2D eigenvalue weighted by molar-refractivity contribution is 6.32. The Morgan fingerprint density at radius 2 is 2.14 bits per heavy atom. The van der Waals surface area contributed by atoms with Crippen molar-refractivity contribution >= 4 is 17.4 Å². The van der Waals surface area contributed by atoms with E-state index in [0.717, 1.165) is 0 Å². The molecule has 3 rings (SSSR count). The second-order valence-electron chi connectivity index (χ2n) is 4.64. The molecular weight excluding hydrogens is 292 g/mol. The second kappa shape index (κ2) is 6.20. The number of anilines is 1. The van der Waals surface area contributed by atoms with Crippen molar-refractivity contribution in [2.75, 3.05) is 25.1 Å². The van der Waals surface area contributed by atoms with Gasteiger partial charge in [0.1, 0.15) is 19.0 Å². The standard InChI is InChI=1S/C15H15ClN2O3/c16-11-7-10(8-13-15(11)21-6-5-20-13)12(19)9-18-14-3-1-2-4-17-14/h1-4,7-8,12,19H,5-6,9H2,(H,17,18)/t12-/m1/s1. The largest absolute Gasteiger partial charge is 0.486 e. The molecule has 5 nitrogen and oxygen atoms in total. The third-order valence-corrected chi connectivity index (χ3v) is 3.43. The number of rotatable bonds is 4. The summed E-state index contributed by atoms with van der Waals surface area (Å²) in [6.45, 7) is 1.29. The zero-order chi connectivity index (χ0) is 14.7. The van der Waals surface area contributed by atoms with Crippen molar-refractivity contribution in [3.05, 3.63) is 47.1 Å². The first-order chi connectivity index (χ1) is 10.2. The summed E-state index contributed by atoms with van der Waals surface area (Å²) in [6.07, 6.45) is 0.968. The molecule has 2 aromatic rings. The Balaban J connectivity index is 1.72. The number of ether oxygens (including phenoxy) is 2. The molecular formula is C15H15ClN2O3. The summed E-state index contributed by atoms with van der Waals surface area (Å²) in [5.41, 5.74) is 0.674. The van der Waals surface area contributed by atoms with Crippen LogP contribution in [0.15, 0.2) is 36.5 Å². The van der Waals surface area contributed by atoms with Gasteiger partial charge in [-0.05, 0) is 29.8 Å². The van der Waals surface area contributed by atoms with Gasteiger partial charge in [-0.25, -0.2) is 4.98 Å². The van der Waals surface area contributed by atoms with Crippen LogP contribution in [0, 0.1) is 0 Å². The molecule has 1 aliphatic heterocycles. The lowest BCUT2D eigenvalue weighted by atomic mass is 10.1. The van der Waals surface area contributed by atoms with Gasteiger partial charge >= 0.3 is 0 Å². The minimum absolute atomic E-state index is 0.326. The molecule has 21 heavy (non-hydrogen) atoms. The predicted octanol–water partition coefficient (Wildman–Crippen LogP) is 2.65. The van der Waals surface area contributed by atoms with Crippen LogP contribution in [0.3, 0.4) is 0 Å². The van der Waals surface area contributed by atoms with Crippen molar-refractivity contribution in [3.63, 3.8) is 0 Å². The zero-order valence-corrected chi connectivity index (χ0v) is 12.0. The van der Waals surface area contributed by atoms with E-state index in [1.54, 1.807) is 18.3 Å². The minimum Gasteiger partial charge on any atom is -0.486 e. The van der Waals surface area contributed by atoms with Crippen LogP contribution < -0.4 is 14.8 Å². The normalized spacial score (nSPS) is 14.6. The number of halogens is 1. The maximum atomic E-state index is 10.3. The van der Waals surface area contributed by atoms with Crippen LogP contribution in [0.25, 0.3) is 0 Å². The summed E-state index contributed by atoms with van der Waals surface area (Å²) in [5.74, 6) is 1.82. The number of aromatic nitrogens is 1. The Hall–Kier alpha value is -1.98. The molecule has 0 unspecified atom stereocenters. The first-order valence-corrected chi connectivity index (χ1v) is 7.04. The quantitative estimate of drug-likeness (QED) is 0.909. The van der Waals surface area contributed by atoms with E-state index in [0.29, 0.717) is 47.7 Å². The maximum absolute atomic E-state index is 10.3. The van der Waals surface area contributed by atoms with Crippen molar-refractivity contribution in [3.8, 4) is 11.5 Å². The first kappa shape index (κ1) is 14.0. The van der Waals surface area contributed by atoms with Gasteiger partial charge in [-0.15, -0.1) is 0 Å². The van der Waals surface area contributed by atoms with Crippen molar-refractivity contribution in [2.45, 2.75) is 6.10 Å². The summed E-state index contributed by atoms with van der Waals surface area (Å²) >= 11 is 6.16. The summed E-state index contributed by atoms with van der Waals surface area (Å²) in [5, 5.41) is 13.8. The maximum Gasteiger partial charge on any atom is 0.179 e. The Morgan fingerprint density at radius 3 is 2.95 bits per heavy atom. The SMILES string of the molecule is O[C@H](CNc1ccccn1)c1cc(Cl)c2c(c1)OCCO2. The molecule has 1 atom stereocenters. The number of fused-ring (bicyclic) bond motifs is 1. The fourth-order valence-electron chi connectivity index (χ4n) is 2.11. The molecule has 110 valence electrons. The topological polar surface area (TPSA) is 63.6 Å². The van der Waals surface area contributed by atoms with Gasteiger partial charge in [-0.2, -0.15) is 0 Å². The Morgan fingerprint density at radius 1 is 1.29 bits per heavy atom. The number of aliphatic hydroxyl groups is 1. The van der Waals surface area contributed by atoms with Crippen molar-refractivity contribution < 1.29 is 14.6 Å². The first-order valence-electron chi connectivity index (χ1n) is 6.66. The highest BCUT2D eigenvalue weighted by Gasteiger charge is 2.19. The van der Waals surface area contributed by atoms with E-state index in [1.165, 1.54) is 0 Å². The molecule has 1 aromatic carbocycles. The van der Waals surface area contributed by atoms with Crippen molar-refractivity contribution in [1.29, 1.82) is 0 Å². The highest BCUT2D eigenvalue weighted by atomic mass is 35.5. The van der Waals surface area contributed by atoms with Crippen LogP contribution in [0.2, 0.25) is 5.02 Å². The van der Waals surface area contributed by atoms with E-state index in [4.69, 9.17) is 21.1 Å². The second-order valence-corrected chi connectivity index (χ2v) is 5.05. The van der Waals surface area contributed by atoms with Crippen LogP contribution in [-0.4, -0.2) is 29.8 Å². The third-order valence-electron chi connectivity index (χ3n) is 3.15. The van der Waals surface area contributed by atoms with Gasteiger partial charge in [0.15, 0.2) is 11.5 Å². The van der Waals surface area contributed by atoms with Gasteiger partial charge in [0, 0.05) is 12.7 Å². The molecule has 0 spiro atoms. The number of nitrogens with zero attached hydrogens (tertiary/aromatic N) is 1. The molecule has 0 bridgehead atoms. The smallest absolute Gasteiger partial charge is 0.179 e. The van der Waals surface area contributed by atoms with E-state index in [1.807, 2.05) is 18.2 Å². The molecule has 0 aliphatic carbocycles. The van der Waals surface area contributed by atoms with Gasteiger partial charge in [-0.3, -0.25) is 0 Å². The number of hydrogen-bond acceptors (Lipinski definition) is 5. The molecule has 1 aromatic heterocycles. The Kier molecular flexibility index (Phi) is 4.13. The molecule has 0 amide bonds. The molecule has 6 heteroatoms. The number of benzene rings is 1. The van der Waals surface area contributed by atoms with Gasteiger partial charge < -0.3 is 19.9 Å². The monoisotopic (exact) mass is 306 g/mol. The average molecular weight is 307 g/mol. The molecule has 0 radical (unpaired) electrons. The fourth-order valence-corrected chi connectivity index (χ4v) is 2.38. The summed E-state index contributed by atoms with van der Waals surface area (Å²) in [4.78, 5) is 4.14. The lowest BCUT2D eigenvalue weighted by Crippen LogP contribution is -2.17. The van der Waals surface area contributed by atoms with Crippen LogP contribution in [0.5, 0.6) is 11.5 Å². The molecule has 0 fully saturated rings. The average Bonchev–Trinajstić information content (AvgIpc) is 2.53. The predicted molar refractivity (Wildman–Crippen MR) is 80.1 cm³/mol. The Labute approximate surface area is 127 Å². The van der Waals surface area contributed by atoms with Crippen LogP contribution in [0.4, 0.5) is 5.82 Å². The molecule has 2 heterocycles. The van der Waals surface area contributed by atoms with Crippen molar-refractivity contribution in [1.82, 2.24) is 4.98 Å². The van der Waals surface area contributed by atoms with E-state index >= 15 is 0 Å². The lowest BCUT2D eigenvalue weighted by Gasteiger charge is -2.21. The van der Waals surface area contributed by atoms with E-state index < -0.39 is 6.10 Å². The highest BCUT2D eigenvalue weighted by Crippen LogP contribution is 2.39. The molecule has 0 saturated carbocycles. The molecule has 1 aliphatic rings. The number of nitrogens with one attached hydrogen (secondary N) is 1. The van der Waals surface area contributed by atoms with Gasteiger partial charge in [0.2, 0.25) is 0 Å². The number of pyridine rings is 1.